The monoisotopic (exact) mass is 254 g/mol. The van der Waals surface area contributed by atoms with Crippen molar-refractivity contribution in [2.45, 2.75) is 0 Å². The number of nitriles is 1. The summed E-state index contributed by atoms with van der Waals surface area (Å²) in [5, 5.41) is 22.1. The Morgan fingerprint density at radius 1 is 1.65 bits per heavy atom. The first-order valence-corrected chi connectivity index (χ1v) is 6.36. The lowest BCUT2D eigenvalue weighted by Crippen LogP contribution is -2.11. The van der Waals surface area contributed by atoms with E-state index in [0.29, 0.717) is 18.1 Å². The molecule has 1 rings (SSSR count). The van der Waals surface area contributed by atoms with Crippen LogP contribution in [0.25, 0.3) is 0 Å². The highest BCUT2D eigenvalue weighted by molar-refractivity contribution is 7.84. The van der Waals surface area contributed by atoms with Gasteiger partial charge in [-0.05, 0) is 6.07 Å². The summed E-state index contributed by atoms with van der Waals surface area (Å²) in [5.41, 5.74) is -0.560. The normalized spacial score (nSPS) is 11.5. The summed E-state index contributed by atoms with van der Waals surface area (Å²) in [6.45, 7) is 0.429. The molecule has 0 aliphatic carbocycles. The van der Waals surface area contributed by atoms with Crippen LogP contribution < -0.4 is 5.32 Å². The van der Waals surface area contributed by atoms with E-state index in [1.807, 2.05) is 0 Å². The van der Waals surface area contributed by atoms with Crippen molar-refractivity contribution in [2.75, 3.05) is 23.9 Å². The summed E-state index contributed by atoms with van der Waals surface area (Å²) < 4.78 is 10.8. The fourth-order valence-electron chi connectivity index (χ4n) is 1.10. The molecule has 0 radical (unpaired) electrons. The second-order valence-electron chi connectivity index (χ2n) is 3.14. The number of anilines is 1. The molecule has 90 valence electrons. The maximum absolute atomic E-state index is 10.8. The standard InChI is InChI=1S/C9H10N4O3S/c1-17(16)5-4-11-9-3-2-8(13(14)15)7(6-10)12-9/h2-3H,4-5H2,1H3,(H,11,12). The Morgan fingerprint density at radius 3 is 2.88 bits per heavy atom. The van der Waals surface area contributed by atoms with Crippen LogP contribution in [0, 0.1) is 21.4 Å². The lowest BCUT2D eigenvalue weighted by atomic mass is 10.3. The van der Waals surface area contributed by atoms with Crippen molar-refractivity contribution >= 4 is 22.3 Å². The molecule has 0 saturated carbocycles. The minimum atomic E-state index is -0.922. The fraction of sp³-hybridized carbons (Fsp3) is 0.333. The maximum atomic E-state index is 10.8. The zero-order valence-electron chi connectivity index (χ0n) is 9.04. The van der Waals surface area contributed by atoms with Crippen LogP contribution in [0.1, 0.15) is 5.69 Å². The molecular formula is C9H10N4O3S. The highest BCUT2D eigenvalue weighted by atomic mass is 32.2. The molecule has 0 amide bonds. The Hall–Kier alpha value is -2.01. The van der Waals surface area contributed by atoms with Crippen molar-refractivity contribution in [3.63, 3.8) is 0 Å². The van der Waals surface area contributed by atoms with Gasteiger partial charge in [0, 0.05) is 35.4 Å². The summed E-state index contributed by atoms with van der Waals surface area (Å²) in [6.07, 6.45) is 1.58. The largest absolute Gasteiger partial charge is 0.369 e. The summed E-state index contributed by atoms with van der Waals surface area (Å²) in [6, 6.07) is 4.30. The predicted octanol–water partition coefficient (Wildman–Crippen LogP) is 0.652. The van der Waals surface area contributed by atoms with Gasteiger partial charge in [-0.1, -0.05) is 0 Å². The Kier molecular flexibility index (Phi) is 4.54. The van der Waals surface area contributed by atoms with E-state index in [4.69, 9.17) is 5.26 Å². The Labute approximate surface area is 100 Å². The van der Waals surface area contributed by atoms with Crippen molar-refractivity contribution in [2.24, 2.45) is 0 Å². The van der Waals surface area contributed by atoms with E-state index in [1.54, 1.807) is 12.3 Å². The van der Waals surface area contributed by atoms with Crippen molar-refractivity contribution in [1.82, 2.24) is 4.98 Å². The molecule has 1 heterocycles. The van der Waals surface area contributed by atoms with Gasteiger partial charge in [-0.2, -0.15) is 5.26 Å². The van der Waals surface area contributed by atoms with E-state index in [9.17, 15) is 14.3 Å². The summed E-state index contributed by atoms with van der Waals surface area (Å²) in [5.74, 6) is 0.804. The fourth-order valence-corrected chi connectivity index (χ4v) is 1.49. The molecule has 8 heteroatoms. The number of pyridine rings is 1. The third kappa shape index (κ3) is 3.81. The van der Waals surface area contributed by atoms with Crippen LogP contribution in [0.3, 0.4) is 0 Å². The van der Waals surface area contributed by atoms with Crippen LogP contribution in [0.5, 0.6) is 0 Å². The number of hydrogen-bond acceptors (Lipinski definition) is 6. The summed E-state index contributed by atoms with van der Waals surface area (Å²) in [7, 11) is -0.922. The van der Waals surface area contributed by atoms with Crippen LogP contribution in [0.2, 0.25) is 0 Å². The molecule has 7 nitrogen and oxygen atoms in total. The first-order chi connectivity index (χ1) is 8.04. The van der Waals surface area contributed by atoms with Crippen LogP contribution in [-0.2, 0) is 10.8 Å². The number of nitrogens with zero attached hydrogens (tertiary/aromatic N) is 3. The zero-order chi connectivity index (χ0) is 12.8. The molecule has 0 bridgehead atoms. The number of rotatable bonds is 5. The number of nitrogens with one attached hydrogen (secondary N) is 1. The van der Waals surface area contributed by atoms with E-state index in [-0.39, 0.29) is 11.4 Å². The highest BCUT2D eigenvalue weighted by Crippen LogP contribution is 2.17. The van der Waals surface area contributed by atoms with E-state index < -0.39 is 15.7 Å². The topological polar surface area (TPSA) is 109 Å². The highest BCUT2D eigenvalue weighted by Gasteiger charge is 2.15. The van der Waals surface area contributed by atoms with Gasteiger partial charge in [0.25, 0.3) is 0 Å². The number of hydrogen-bond donors (Lipinski definition) is 1. The molecule has 1 unspecified atom stereocenters. The Bertz CT molecular complexity index is 498. The second-order valence-corrected chi connectivity index (χ2v) is 4.69. The third-order valence-electron chi connectivity index (χ3n) is 1.87. The van der Waals surface area contributed by atoms with Crippen molar-refractivity contribution in [3.8, 4) is 6.07 Å². The maximum Gasteiger partial charge on any atom is 0.305 e. The molecule has 0 fully saturated rings. The lowest BCUT2D eigenvalue weighted by Gasteiger charge is -2.04. The zero-order valence-corrected chi connectivity index (χ0v) is 9.86. The van der Waals surface area contributed by atoms with Crippen LogP contribution in [0.4, 0.5) is 11.5 Å². The van der Waals surface area contributed by atoms with Crippen LogP contribution in [-0.4, -0.2) is 32.7 Å². The molecule has 1 aromatic rings. The minimum Gasteiger partial charge on any atom is -0.369 e. The number of aromatic nitrogens is 1. The first kappa shape index (κ1) is 13.1. The molecule has 0 spiro atoms. The molecule has 1 atom stereocenters. The van der Waals surface area contributed by atoms with Gasteiger partial charge >= 0.3 is 5.69 Å². The van der Waals surface area contributed by atoms with Crippen molar-refractivity contribution in [1.29, 1.82) is 5.26 Å². The van der Waals surface area contributed by atoms with E-state index in [0.717, 1.165) is 0 Å². The molecule has 1 N–H and O–H groups in total. The first-order valence-electron chi connectivity index (χ1n) is 4.64. The Balaban J connectivity index is 2.80. The second kappa shape index (κ2) is 5.91. The van der Waals surface area contributed by atoms with Gasteiger partial charge < -0.3 is 5.32 Å². The molecule has 0 saturated heterocycles. The predicted molar refractivity (Wildman–Crippen MR) is 63.0 cm³/mol. The van der Waals surface area contributed by atoms with E-state index in [2.05, 4.69) is 10.3 Å². The average molecular weight is 254 g/mol. The van der Waals surface area contributed by atoms with Crippen LogP contribution in [0.15, 0.2) is 12.1 Å². The third-order valence-corrected chi connectivity index (χ3v) is 2.65. The summed E-state index contributed by atoms with van der Waals surface area (Å²) >= 11 is 0. The SMILES string of the molecule is CS(=O)CCNc1ccc([N+](=O)[O-])c(C#N)n1. The minimum absolute atomic E-state index is 0.238. The van der Waals surface area contributed by atoms with E-state index in [1.165, 1.54) is 12.1 Å². The van der Waals surface area contributed by atoms with Crippen LogP contribution >= 0.6 is 0 Å². The quantitative estimate of drug-likeness (QED) is 0.610. The molecule has 1 aromatic heterocycles. The summed E-state index contributed by atoms with van der Waals surface area (Å²) in [4.78, 5) is 13.7. The molecule has 0 aliphatic heterocycles. The molecular weight excluding hydrogens is 244 g/mol. The smallest absolute Gasteiger partial charge is 0.305 e. The van der Waals surface area contributed by atoms with Crippen molar-refractivity contribution in [3.05, 3.63) is 27.9 Å². The van der Waals surface area contributed by atoms with Gasteiger partial charge in [-0.25, -0.2) is 4.98 Å². The van der Waals surface area contributed by atoms with Gasteiger partial charge in [0.05, 0.1) is 4.92 Å². The van der Waals surface area contributed by atoms with E-state index >= 15 is 0 Å². The molecule has 0 aromatic carbocycles. The van der Waals surface area contributed by atoms with Gasteiger partial charge in [0.2, 0.25) is 5.69 Å². The van der Waals surface area contributed by atoms with Gasteiger partial charge in [-0.3, -0.25) is 14.3 Å². The number of nitro groups is 1. The van der Waals surface area contributed by atoms with Gasteiger partial charge in [-0.15, -0.1) is 0 Å². The molecule has 17 heavy (non-hydrogen) atoms. The molecule has 0 aliphatic rings. The average Bonchev–Trinajstić information content (AvgIpc) is 2.28. The van der Waals surface area contributed by atoms with Gasteiger partial charge in [0.15, 0.2) is 0 Å². The van der Waals surface area contributed by atoms with Crippen molar-refractivity contribution < 1.29 is 9.13 Å². The lowest BCUT2D eigenvalue weighted by molar-refractivity contribution is -0.385. The Morgan fingerprint density at radius 2 is 2.35 bits per heavy atom. The van der Waals surface area contributed by atoms with Gasteiger partial charge in [0.1, 0.15) is 11.9 Å².